The van der Waals surface area contributed by atoms with Crippen LogP contribution in [-0.4, -0.2) is 24.0 Å². The van der Waals surface area contributed by atoms with Crippen molar-refractivity contribution in [1.29, 1.82) is 0 Å². The number of hydrogen-bond acceptors (Lipinski definition) is 3. The number of thiophene rings is 1. The number of hydrogen-bond donors (Lipinski definition) is 1. The summed E-state index contributed by atoms with van der Waals surface area (Å²) in [5.74, 6) is 0.870. The quantitative estimate of drug-likeness (QED) is 0.903. The molecule has 1 aromatic rings. The van der Waals surface area contributed by atoms with Crippen LogP contribution in [0.25, 0.3) is 0 Å². The van der Waals surface area contributed by atoms with E-state index < -0.39 is 0 Å². The summed E-state index contributed by atoms with van der Waals surface area (Å²) in [6.07, 6.45) is 3.64. The molecule has 0 aromatic carbocycles. The van der Waals surface area contributed by atoms with E-state index in [-0.39, 0.29) is 6.04 Å². The van der Waals surface area contributed by atoms with Crippen LogP contribution in [0.15, 0.2) is 15.9 Å². The molecule has 0 amide bonds. The molecule has 1 aliphatic rings. The molecule has 2 unspecified atom stereocenters. The van der Waals surface area contributed by atoms with E-state index in [4.69, 9.17) is 5.73 Å². The lowest BCUT2D eigenvalue weighted by Gasteiger charge is -2.39. The summed E-state index contributed by atoms with van der Waals surface area (Å²) in [7, 11) is 0. The molecule has 0 bridgehead atoms. The van der Waals surface area contributed by atoms with E-state index in [9.17, 15) is 0 Å². The van der Waals surface area contributed by atoms with Gasteiger partial charge in [0.15, 0.2) is 0 Å². The Morgan fingerprint density at radius 3 is 2.61 bits per heavy atom. The van der Waals surface area contributed by atoms with Gasteiger partial charge in [0.2, 0.25) is 0 Å². The standard InChI is InChI=1S/C14H23BrN2S/c1-3-11(16)14(12-4-5-13(15)18-12)17-8-6-10(2)7-9-17/h4-5,10-11,14H,3,6-9,16H2,1-2H3. The second kappa shape index (κ2) is 6.51. The number of piperidine rings is 1. The van der Waals surface area contributed by atoms with Crippen molar-refractivity contribution in [3.63, 3.8) is 0 Å². The van der Waals surface area contributed by atoms with Crippen LogP contribution in [-0.2, 0) is 0 Å². The first-order valence-corrected chi connectivity index (χ1v) is 8.47. The summed E-state index contributed by atoms with van der Waals surface area (Å²) in [6, 6.07) is 5.01. The van der Waals surface area contributed by atoms with E-state index in [0.29, 0.717) is 6.04 Å². The van der Waals surface area contributed by atoms with Gasteiger partial charge in [0.25, 0.3) is 0 Å². The molecule has 0 spiro atoms. The predicted octanol–water partition coefficient (Wildman–Crippen LogP) is 4.02. The highest BCUT2D eigenvalue weighted by molar-refractivity contribution is 9.11. The Morgan fingerprint density at radius 1 is 1.44 bits per heavy atom. The average Bonchev–Trinajstić information content (AvgIpc) is 2.78. The summed E-state index contributed by atoms with van der Waals surface area (Å²) in [6.45, 7) is 6.92. The topological polar surface area (TPSA) is 29.3 Å². The van der Waals surface area contributed by atoms with Crippen molar-refractivity contribution in [2.24, 2.45) is 11.7 Å². The average molecular weight is 331 g/mol. The van der Waals surface area contributed by atoms with Gasteiger partial charge in [-0.15, -0.1) is 11.3 Å². The molecule has 0 saturated carbocycles. The summed E-state index contributed by atoms with van der Waals surface area (Å²) >= 11 is 5.39. The van der Waals surface area contributed by atoms with E-state index in [0.717, 1.165) is 12.3 Å². The third kappa shape index (κ3) is 3.35. The molecule has 4 heteroatoms. The van der Waals surface area contributed by atoms with Gasteiger partial charge in [-0.25, -0.2) is 0 Å². The molecule has 2 N–H and O–H groups in total. The Bertz CT molecular complexity index is 372. The van der Waals surface area contributed by atoms with Crippen LogP contribution >= 0.6 is 27.3 Å². The number of rotatable bonds is 4. The van der Waals surface area contributed by atoms with Gasteiger partial charge in [-0.3, -0.25) is 4.90 Å². The number of halogens is 1. The maximum Gasteiger partial charge on any atom is 0.0702 e. The van der Waals surface area contributed by atoms with Crippen LogP contribution in [0, 0.1) is 5.92 Å². The van der Waals surface area contributed by atoms with Gasteiger partial charge in [0.1, 0.15) is 0 Å². The summed E-state index contributed by atoms with van der Waals surface area (Å²) in [4.78, 5) is 4.00. The zero-order chi connectivity index (χ0) is 13.1. The van der Waals surface area contributed by atoms with E-state index in [1.54, 1.807) is 0 Å². The summed E-state index contributed by atoms with van der Waals surface area (Å²) < 4.78 is 1.20. The monoisotopic (exact) mass is 330 g/mol. The molecule has 1 fully saturated rings. The van der Waals surface area contributed by atoms with Crippen LogP contribution < -0.4 is 5.73 Å². The van der Waals surface area contributed by atoms with Gasteiger partial charge in [0.05, 0.1) is 9.83 Å². The molecule has 1 saturated heterocycles. The first-order valence-electron chi connectivity index (χ1n) is 6.86. The molecule has 1 aromatic heterocycles. The molecule has 2 heterocycles. The van der Waals surface area contributed by atoms with Crippen molar-refractivity contribution in [2.75, 3.05) is 13.1 Å². The van der Waals surface area contributed by atoms with Gasteiger partial charge in [0, 0.05) is 10.9 Å². The van der Waals surface area contributed by atoms with Gasteiger partial charge in [-0.2, -0.15) is 0 Å². The zero-order valence-corrected chi connectivity index (χ0v) is 13.6. The predicted molar refractivity (Wildman–Crippen MR) is 83.0 cm³/mol. The smallest absolute Gasteiger partial charge is 0.0702 e. The molecule has 102 valence electrons. The van der Waals surface area contributed by atoms with E-state index >= 15 is 0 Å². The fourth-order valence-electron chi connectivity index (χ4n) is 2.68. The first-order chi connectivity index (χ1) is 8.61. The normalized spacial score (nSPS) is 22.0. The first kappa shape index (κ1) is 14.5. The second-order valence-electron chi connectivity index (χ2n) is 5.38. The maximum atomic E-state index is 6.37. The van der Waals surface area contributed by atoms with Crippen LogP contribution in [0.5, 0.6) is 0 Å². The van der Waals surface area contributed by atoms with Crippen LogP contribution in [0.1, 0.15) is 44.0 Å². The fourth-order valence-corrected chi connectivity index (χ4v) is 4.31. The van der Waals surface area contributed by atoms with Crippen molar-refractivity contribution in [3.05, 3.63) is 20.8 Å². The highest BCUT2D eigenvalue weighted by atomic mass is 79.9. The molecule has 2 rings (SSSR count). The van der Waals surface area contributed by atoms with Crippen molar-refractivity contribution in [2.45, 2.75) is 45.2 Å². The Hall–Kier alpha value is 0.1000. The third-order valence-corrected chi connectivity index (χ3v) is 5.67. The van der Waals surface area contributed by atoms with Crippen molar-refractivity contribution < 1.29 is 0 Å². The van der Waals surface area contributed by atoms with Crippen molar-refractivity contribution in [1.82, 2.24) is 4.90 Å². The molecule has 18 heavy (non-hydrogen) atoms. The maximum absolute atomic E-state index is 6.37. The Kier molecular flexibility index (Phi) is 5.24. The van der Waals surface area contributed by atoms with Crippen LogP contribution in [0.2, 0.25) is 0 Å². The second-order valence-corrected chi connectivity index (χ2v) is 7.87. The highest BCUT2D eigenvalue weighted by Crippen LogP contribution is 2.35. The minimum Gasteiger partial charge on any atom is -0.326 e. The summed E-state index contributed by atoms with van der Waals surface area (Å²) in [5, 5.41) is 0. The largest absolute Gasteiger partial charge is 0.326 e. The highest BCUT2D eigenvalue weighted by Gasteiger charge is 2.29. The molecular formula is C14H23BrN2S. The Morgan fingerprint density at radius 2 is 2.11 bits per heavy atom. The van der Waals surface area contributed by atoms with E-state index in [1.807, 2.05) is 11.3 Å². The Balaban J connectivity index is 2.15. The number of nitrogens with zero attached hydrogens (tertiary/aromatic N) is 1. The number of nitrogens with two attached hydrogens (primary N) is 1. The lowest BCUT2D eigenvalue weighted by molar-refractivity contribution is 0.121. The lowest BCUT2D eigenvalue weighted by atomic mass is 9.95. The lowest BCUT2D eigenvalue weighted by Crippen LogP contribution is -2.44. The SMILES string of the molecule is CCC(N)C(c1ccc(Br)s1)N1CCC(C)CC1. The molecular weight excluding hydrogens is 308 g/mol. The van der Waals surface area contributed by atoms with Gasteiger partial charge in [-0.1, -0.05) is 13.8 Å². The van der Waals surface area contributed by atoms with Crippen LogP contribution in [0.4, 0.5) is 0 Å². The van der Waals surface area contributed by atoms with Crippen LogP contribution in [0.3, 0.4) is 0 Å². The molecule has 2 atom stereocenters. The molecule has 1 aliphatic heterocycles. The van der Waals surface area contributed by atoms with E-state index in [1.165, 1.54) is 34.6 Å². The Labute approximate surface area is 123 Å². The fraction of sp³-hybridized carbons (Fsp3) is 0.714. The molecule has 0 aliphatic carbocycles. The van der Waals surface area contributed by atoms with Gasteiger partial charge >= 0.3 is 0 Å². The van der Waals surface area contributed by atoms with Gasteiger partial charge in [-0.05, 0) is 66.3 Å². The minimum absolute atomic E-state index is 0.240. The minimum atomic E-state index is 0.240. The number of likely N-dealkylation sites (tertiary alicyclic amines) is 1. The molecule has 0 radical (unpaired) electrons. The summed E-state index contributed by atoms with van der Waals surface area (Å²) in [5.41, 5.74) is 6.37. The third-order valence-electron chi connectivity index (χ3n) is 3.97. The van der Waals surface area contributed by atoms with Crippen molar-refractivity contribution >= 4 is 27.3 Å². The van der Waals surface area contributed by atoms with E-state index in [2.05, 4.69) is 46.8 Å². The van der Waals surface area contributed by atoms with Crippen molar-refractivity contribution in [3.8, 4) is 0 Å². The van der Waals surface area contributed by atoms with Gasteiger partial charge < -0.3 is 5.73 Å². The molecule has 2 nitrogen and oxygen atoms in total. The zero-order valence-electron chi connectivity index (χ0n) is 11.2.